The monoisotopic (exact) mass is 492 g/mol. The molecule has 0 spiro atoms. The summed E-state index contributed by atoms with van der Waals surface area (Å²) in [6.45, 7) is 1.12. The average Bonchev–Trinajstić information content (AvgIpc) is 3.09. The minimum Gasteiger partial charge on any atom is -0.373 e. The van der Waals surface area contributed by atoms with Gasteiger partial charge in [-0.15, -0.1) is 0 Å². The van der Waals surface area contributed by atoms with E-state index in [1.165, 1.54) is 28.8 Å². The number of nitriles is 1. The number of anilines is 1. The standard InChI is InChI=1S/C22H23F3N6O4/c1-12-5-18-16(9-30(12)22(33)27-14-3-4-17(23)13(6-14)7-26)20-21(32)29(2)35-15(8-31(20)28-18)10-34-11-19(24)25/h3-4,6,12,15,19H,5,8-11H2,1-2H3,(H,27,33)/t12-,15-/m1/s1. The van der Waals surface area contributed by atoms with Crippen molar-refractivity contribution in [3.63, 3.8) is 0 Å². The fourth-order valence-electron chi connectivity index (χ4n) is 4.14. The maximum absolute atomic E-state index is 13.6. The Hall–Kier alpha value is -3.63. The molecule has 3 amide bonds. The zero-order chi connectivity index (χ0) is 25.3. The number of hydroxylamine groups is 2. The minimum absolute atomic E-state index is 0.0795. The van der Waals surface area contributed by atoms with Crippen LogP contribution in [0.4, 0.5) is 23.7 Å². The van der Waals surface area contributed by atoms with Gasteiger partial charge in [-0.2, -0.15) is 10.4 Å². The Balaban J connectivity index is 1.55. The lowest BCUT2D eigenvalue weighted by molar-refractivity contribution is -0.169. The van der Waals surface area contributed by atoms with Gasteiger partial charge in [-0.05, 0) is 25.1 Å². The van der Waals surface area contributed by atoms with E-state index in [0.29, 0.717) is 17.7 Å². The van der Waals surface area contributed by atoms with E-state index in [9.17, 15) is 22.8 Å². The summed E-state index contributed by atoms with van der Waals surface area (Å²) in [6.07, 6.45) is -2.96. The molecule has 4 rings (SSSR count). The normalized spacial score (nSPS) is 19.7. The zero-order valence-electron chi connectivity index (χ0n) is 19.0. The summed E-state index contributed by atoms with van der Waals surface area (Å²) in [5.74, 6) is -1.17. The Labute approximate surface area is 198 Å². The first-order chi connectivity index (χ1) is 16.7. The van der Waals surface area contributed by atoms with Crippen LogP contribution in [0, 0.1) is 17.1 Å². The van der Waals surface area contributed by atoms with Crippen LogP contribution in [0.1, 0.15) is 34.2 Å². The van der Waals surface area contributed by atoms with Crippen LogP contribution in [0.2, 0.25) is 0 Å². The van der Waals surface area contributed by atoms with Gasteiger partial charge in [0, 0.05) is 30.8 Å². The predicted molar refractivity (Wildman–Crippen MR) is 115 cm³/mol. The Morgan fingerprint density at radius 2 is 2.20 bits per heavy atom. The third-order valence-corrected chi connectivity index (χ3v) is 5.80. The number of carbonyl (C=O) groups is 2. The molecule has 0 saturated heterocycles. The number of carbonyl (C=O) groups excluding carboxylic acids is 2. The highest BCUT2D eigenvalue weighted by atomic mass is 19.3. The number of fused-ring (bicyclic) bond motifs is 3. The fourth-order valence-corrected chi connectivity index (χ4v) is 4.14. The quantitative estimate of drug-likeness (QED) is 0.687. The van der Waals surface area contributed by atoms with Crippen molar-refractivity contribution in [2.75, 3.05) is 25.6 Å². The minimum atomic E-state index is -2.62. The lowest BCUT2D eigenvalue weighted by atomic mass is 9.99. The van der Waals surface area contributed by atoms with Crippen LogP contribution in [-0.4, -0.2) is 70.5 Å². The van der Waals surface area contributed by atoms with Crippen LogP contribution in [0.5, 0.6) is 0 Å². The van der Waals surface area contributed by atoms with E-state index in [0.717, 1.165) is 11.1 Å². The van der Waals surface area contributed by atoms with Crippen molar-refractivity contribution in [3.05, 3.63) is 46.5 Å². The average molecular weight is 492 g/mol. The van der Waals surface area contributed by atoms with E-state index in [1.807, 2.05) is 6.92 Å². The van der Waals surface area contributed by atoms with E-state index >= 15 is 0 Å². The number of urea groups is 1. The van der Waals surface area contributed by atoms with E-state index in [1.54, 1.807) is 6.07 Å². The second-order valence-corrected chi connectivity index (χ2v) is 8.33. The maximum Gasteiger partial charge on any atom is 0.322 e. The molecule has 1 N–H and O–H groups in total. The lowest BCUT2D eigenvalue weighted by Gasteiger charge is -2.33. The zero-order valence-corrected chi connectivity index (χ0v) is 19.0. The van der Waals surface area contributed by atoms with Crippen LogP contribution in [0.3, 0.4) is 0 Å². The molecule has 2 aliphatic heterocycles. The van der Waals surface area contributed by atoms with E-state index in [4.69, 9.17) is 14.8 Å². The third-order valence-electron chi connectivity index (χ3n) is 5.80. The summed E-state index contributed by atoms with van der Waals surface area (Å²) in [7, 11) is 1.41. The number of amides is 3. The number of benzene rings is 1. The highest BCUT2D eigenvalue weighted by molar-refractivity contribution is 5.94. The van der Waals surface area contributed by atoms with Gasteiger partial charge in [0.05, 0.1) is 31.0 Å². The van der Waals surface area contributed by atoms with Crippen molar-refractivity contribution >= 4 is 17.6 Å². The van der Waals surface area contributed by atoms with Gasteiger partial charge in [0.1, 0.15) is 30.3 Å². The first-order valence-corrected chi connectivity index (χ1v) is 10.8. The molecule has 2 atom stereocenters. The number of ether oxygens (including phenoxy) is 1. The molecule has 2 aromatic rings. The molecule has 0 fully saturated rings. The number of nitrogens with one attached hydrogen (secondary N) is 1. The Morgan fingerprint density at radius 1 is 1.43 bits per heavy atom. The van der Waals surface area contributed by atoms with Gasteiger partial charge in [-0.1, -0.05) is 0 Å². The molecule has 0 bridgehead atoms. The second-order valence-electron chi connectivity index (χ2n) is 8.33. The second kappa shape index (κ2) is 9.93. The van der Waals surface area contributed by atoms with Gasteiger partial charge in [0.2, 0.25) is 0 Å². The molecule has 3 heterocycles. The van der Waals surface area contributed by atoms with Crippen molar-refractivity contribution in [1.82, 2.24) is 19.7 Å². The molecular weight excluding hydrogens is 469 g/mol. The fraction of sp³-hybridized carbons (Fsp3) is 0.455. The first-order valence-electron chi connectivity index (χ1n) is 10.8. The summed E-state index contributed by atoms with van der Waals surface area (Å²) in [5.41, 5.74) is 1.53. The number of halogens is 3. The molecule has 0 unspecified atom stereocenters. The summed E-state index contributed by atoms with van der Waals surface area (Å²) < 4.78 is 44.9. The van der Waals surface area contributed by atoms with E-state index < -0.39 is 36.9 Å². The molecule has 186 valence electrons. The Bertz CT molecular complexity index is 1180. The van der Waals surface area contributed by atoms with E-state index in [-0.39, 0.29) is 42.7 Å². The number of aromatic nitrogens is 2. The number of hydrogen-bond acceptors (Lipinski definition) is 6. The highest BCUT2D eigenvalue weighted by Gasteiger charge is 2.37. The number of nitrogens with zero attached hydrogens (tertiary/aromatic N) is 5. The summed E-state index contributed by atoms with van der Waals surface area (Å²) in [6, 6.07) is 4.66. The van der Waals surface area contributed by atoms with Gasteiger partial charge >= 0.3 is 6.03 Å². The summed E-state index contributed by atoms with van der Waals surface area (Å²) >= 11 is 0. The molecule has 0 radical (unpaired) electrons. The lowest BCUT2D eigenvalue weighted by Crippen LogP contribution is -2.45. The van der Waals surface area contributed by atoms with E-state index in [2.05, 4.69) is 10.4 Å². The molecule has 2 aliphatic rings. The van der Waals surface area contributed by atoms with Gasteiger partial charge in [0.25, 0.3) is 12.3 Å². The van der Waals surface area contributed by atoms with Crippen molar-refractivity contribution in [2.24, 2.45) is 0 Å². The molecule has 13 heteroatoms. The summed E-state index contributed by atoms with van der Waals surface area (Å²) in [4.78, 5) is 33.1. The van der Waals surface area contributed by atoms with Crippen LogP contribution < -0.4 is 5.32 Å². The maximum atomic E-state index is 13.6. The smallest absolute Gasteiger partial charge is 0.322 e. The van der Waals surface area contributed by atoms with Crippen molar-refractivity contribution in [3.8, 4) is 6.07 Å². The Kier molecular flexibility index (Phi) is 6.95. The van der Waals surface area contributed by atoms with Crippen LogP contribution in [0.15, 0.2) is 18.2 Å². The third kappa shape index (κ3) is 5.08. The highest BCUT2D eigenvalue weighted by Crippen LogP contribution is 2.29. The van der Waals surface area contributed by atoms with Gasteiger partial charge < -0.3 is 15.0 Å². The summed E-state index contributed by atoms with van der Waals surface area (Å²) in [5, 5.41) is 17.2. The van der Waals surface area contributed by atoms with Crippen LogP contribution in [-0.2, 0) is 29.1 Å². The largest absolute Gasteiger partial charge is 0.373 e. The molecule has 1 aromatic heterocycles. The number of hydrogen-bond donors (Lipinski definition) is 1. The van der Waals surface area contributed by atoms with Gasteiger partial charge in [-0.25, -0.2) is 23.0 Å². The first kappa shape index (κ1) is 24.5. The SMILES string of the molecule is C[C@@H]1Cc2nn3c(c2CN1C(=O)Nc1ccc(F)c(C#N)c1)C(=O)N(C)O[C@@H](COCC(F)F)C3. The number of alkyl halides is 2. The van der Waals surface area contributed by atoms with Gasteiger partial charge in [0.15, 0.2) is 0 Å². The topological polar surface area (TPSA) is 113 Å². The molecule has 1 aromatic carbocycles. The molecule has 35 heavy (non-hydrogen) atoms. The Morgan fingerprint density at radius 3 is 2.91 bits per heavy atom. The van der Waals surface area contributed by atoms with Crippen LogP contribution in [0.25, 0.3) is 0 Å². The molecular formula is C22H23F3N6O4. The van der Waals surface area contributed by atoms with Crippen LogP contribution >= 0.6 is 0 Å². The van der Waals surface area contributed by atoms with Crippen molar-refractivity contribution in [2.45, 2.75) is 45.0 Å². The van der Waals surface area contributed by atoms with Crippen molar-refractivity contribution in [1.29, 1.82) is 5.26 Å². The van der Waals surface area contributed by atoms with Crippen molar-refractivity contribution < 1.29 is 32.3 Å². The molecule has 0 aliphatic carbocycles. The predicted octanol–water partition coefficient (Wildman–Crippen LogP) is 2.54. The molecule has 10 nitrogen and oxygen atoms in total. The molecule has 0 saturated carbocycles. The number of rotatable bonds is 5. The van der Waals surface area contributed by atoms with Gasteiger partial charge in [-0.3, -0.25) is 14.3 Å².